The normalized spacial score (nSPS) is 15.3. The Kier molecular flexibility index (Phi) is 3.56. The summed E-state index contributed by atoms with van der Waals surface area (Å²) in [5.41, 5.74) is 1.28. The van der Waals surface area contributed by atoms with E-state index in [1.54, 1.807) is 0 Å². The lowest BCUT2D eigenvalue weighted by molar-refractivity contribution is 0.686. The molecule has 3 nitrogen and oxygen atoms in total. The molecule has 1 fully saturated rings. The molecule has 1 heterocycles. The fourth-order valence-corrected chi connectivity index (χ4v) is 1.53. The number of hydrogen-bond acceptors (Lipinski definition) is 3. The largest absolute Gasteiger partial charge is 0.370 e. The Morgan fingerprint density at radius 1 is 1.47 bits per heavy atom. The molecule has 1 saturated carbocycles. The summed E-state index contributed by atoms with van der Waals surface area (Å²) in [5.74, 6) is 1.03. The van der Waals surface area contributed by atoms with Crippen molar-refractivity contribution in [1.29, 1.82) is 0 Å². The molecule has 1 aromatic rings. The van der Waals surface area contributed by atoms with Crippen molar-refractivity contribution in [3.8, 4) is 0 Å². The summed E-state index contributed by atoms with van der Waals surface area (Å²) in [7, 11) is 0. The van der Waals surface area contributed by atoms with Gasteiger partial charge in [0.2, 0.25) is 0 Å². The number of pyridine rings is 1. The Hall–Kier alpha value is -1.09. The predicted molar refractivity (Wildman–Crippen MR) is 62.9 cm³/mol. The van der Waals surface area contributed by atoms with Gasteiger partial charge in [0.25, 0.3) is 0 Å². The SMILES string of the molecule is CCCNc1ncccc1CNC1CC1. The maximum atomic E-state index is 4.36. The summed E-state index contributed by atoms with van der Waals surface area (Å²) < 4.78 is 0. The average Bonchev–Trinajstić information content (AvgIpc) is 3.08. The van der Waals surface area contributed by atoms with Crippen LogP contribution in [-0.2, 0) is 6.54 Å². The molecule has 1 aliphatic rings. The molecule has 0 unspecified atom stereocenters. The number of rotatable bonds is 6. The van der Waals surface area contributed by atoms with Crippen LogP contribution < -0.4 is 10.6 Å². The van der Waals surface area contributed by atoms with Crippen LogP contribution in [0.15, 0.2) is 18.3 Å². The lowest BCUT2D eigenvalue weighted by Gasteiger charge is -2.10. The summed E-state index contributed by atoms with van der Waals surface area (Å²) in [6, 6.07) is 4.89. The van der Waals surface area contributed by atoms with Gasteiger partial charge in [-0.25, -0.2) is 4.98 Å². The van der Waals surface area contributed by atoms with Crippen LogP contribution >= 0.6 is 0 Å². The zero-order chi connectivity index (χ0) is 10.5. The van der Waals surface area contributed by atoms with Crippen LogP contribution in [0.4, 0.5) is 5.82 Å². The molecule has 2 rings (SSSR count). The van der Waals surface area contributed by atoms with Crippen molar-refractivity contribution in [3.63, 3.8) is 0 Å². The average molecular weight is 205 g/mol. The van der Waals surface area contributed by atoms with Gasteiger partial charge in [0.05, 0.1) is 0 Å². The maximum absolute atomic E-state index is 4.36. The van der Waals surface area contributed by atoms with Crippen molar-refractivity contribution in [2.75, 3.05) is 11.9 Å². The second-order valence-corrected chi connectivity index (χ2v) is 4.09. The van der Waals surface area contributed by atoms with E-state index in [1.165, 1.54) is 18.4 Å². The highest BCUT2D eigenvalue weighted by atomic mass is 15.0. The Bertz CT molecular complexity index is 307. The van der Waals surface area contributed by atoms with Gasteiger partial charge in [0, 0.05) is 30.9 Å². The highest BCUT2D eigenvalue weighted by Crippen LogP contribution is 2.20. The molecule has 0 saturated heterocycles. The van der Waals surface area contributed by atoms with Gasteiger partial charge in [-0.05, 0) is 25.3 Å². The standard InChI is InChI=1S/C12H19N3/c1-2-7-13-12-10(4-3-8-14-12)9-15-11-5-6-11/h3-4,8,11,15H,2,5-7,9H2,1H3,(H,13,14). The summed E-state index contributed by atoms with van der Waals surface area (Å²) in [5, 5.41) is 6.87. The van der Waals surface area contributed by atoms with Gasteiger partial charge in [-0.2, -0.15) is 0 Å². The number of nitrogens with zero attached hydrogens (tertiary/aromatic N) is 1. The van der Waals surface area contributed by atoms with Crippen LogP contribution in [-0.4, -0.2) is 17.6 Å². The second kappa shape index (κ2) is 5.12. The first-order valence-corrected chi connectivity index (χ1v) is 5.81. The fourth-order valence-electron chi connectivity index (χ4n) is 1.53. The molecule has 0 aromatic carbocycles. The van der Waals surface area contributed by atoms with E-state index in [-0.39, 0.29) is 0 Å². The summed E-state index contributed by atoms with van der Waals surface area (Å²) in [6.45, 7) is 4.09. The van der Waals surface area contributed by atoms with Gasteiger partial charge in [0.1, 0.15) is 5.82 Å². The van der Waals surface area contributed by atoms with Crippen molar-refractivity contribution in [2.24, 2.45) is 0 Å². The number of hydrogen-bond donors (Lipinski definition) is 2. The van der Waals surface area contributed by atoms with Crippen LogP contribution in [0.5, 0.6) is 0 Å². The maximum Gasteiger partial charge on any atom is 0.130 e. The molecule has 0 atom stereocenters. The van der Waals surface area contributed by atoms with Gasteiger partial charge in [0.15, 0.2) is 0 Å². The van der Waals surface area contributed by atoms with Crippen molar-refractivity contribution in [2.45, 2.75) is 38.8 Å². The van der Waals surface area contributed by atoms with Gasteiger partial charge >= 0.3 is 0 Å². The van der Waals surface area contributed by atoms with E-state index in [1.807, 2.05) is 12.3 Å². The molecule has 82 valence electrons. The number of aromatic nitrogens is 1. The van der Waals surface area contributed by atoms with Crippen LogP contribution in [0, 0.1) is 0 Å². The molecule has 0 radical (unpaired) electrons. The Morgan fingerprint density at radius 3 is 3.07 bits per heavy atom. The minimum Gasteiger partial charge on any atom is -0.370 e. The second-order valence-electron chi connectivity index (χ2n) is 4.09. The molecule has 15 heavy (non-hydrogen) atoms. The van der Waals surface area contributed by atoms with Gasteiger partial charge < -0.3 is 10.6 Å². The molecule has 0 bridgehead atoms. The topological polar surface area (TPSA) is 37.0 Å². The first kappa shape index (κ1) is 10.4. The Morgan fingerprint density at radius 2 is 2.33 bits per heavy atom. The number of nitrogens with one attached hydrogen (secondary N) is 2. The molecule has 0 aliphatic heterocycles. The molecule has 1 aromatic heterocycles. The summed E-state index contributed by atoms with van der Waals surface area (Å²) in [4.78, 5) is 4.36. The summed E-state index contributed by atoms with van der Waals surface area (Å²) >= 11 is 0. The Balaban J connectivity index is 1.93. The third-order valence-electron chi connectivity index (χ3n) is 2.59. The predicted octanol–water partition coefficient (Wildman–Crippen LogP) is 2.16. The molecule has 1 aliphatic carbocycles. The quantitative estimate of drug-likeness (QED) is 0.747. The summed E-state index contributed by atoms with van der Waals surface area (Å²) in [6.07, 6.45) is 5.64. The highest BCUT2D eigenvalue weighted by molar-refractivity contribution is 5.43. The van der Waals surface area contributed by atoms with E-state index < -0.39 is 0 Å². The van der Waals surface area contributed by atoms with Gasteiger partial charge in [-0.3, -0.25) is 0 Å². The lowest BCUT2D eigenvalue weighted by Crippen LogP contribution is -2.17. The van der Waals surface area contributed by atoms with Crippen molar-refractivity contribution in [1.82, 2.24) is 10.3 Å². The van der Waals surface area contributed by atoms with E-state index in [9.17, 15) is 0 Å². The molecule has 2 N–H and O–H groups in total. The molecule has 0 amide bonds. The van der Waals surface area contributed by atoms with E-state index in [2.05, 4.69) is 28.6 Å². The third-order valence-corrected chi connectivity index (χ3v) is 2.59. The molecule has 3 heteroatoms. The zero-order valence-electron chi connectivity index (χ0n) is 9.29. The van der Waals surface area contributed by atoms with Crippen molar-refractivity contribution in [3.05, 3.63) is 23.9 Å². The first-order valence-electron chi connectivity index (χ1n) is 5.81. The molecular weight excluding hydrogens is 186 g/mol. The minimum absolute atomic E-state index is 0.754. The lowest BCUT2D eigenvalue weighted by atomic mass is 10.2. The number of anilines is 1. The van der Waals surface area contributed by atoms with E-state index >= 15 is 0 Å². The van der Waals surface area contributed by atoms with Gasteiger partial charge in [-0.1, -0.05) is 13.0 Å². The van der Waals surface area contributed by atoms with Gasteiger partial charge in [-0.15, -0.1) is 0 Å². The molecular formula is C12H19N3. The van der Waals surface area contributed by atoms with E-state index in [0.717, 1.165) is 31.4 Å². The van der Waals surface area contributed by atoms with E-state index in [4.69, 9.17) is 0 Å². The van der Waals surface area contributed by atoms with Crippen molar-refractivity contribution >= 4 is 5.82 Å². The highest BCUT2D eigenvalue weighted by Gasteiger charge is 2.20. The Labute approximate surface area is 91.3 Å². The third kappa shape index (κ3) is 3.20. The minimum atomic E-state index is 0.754. The van der Waals surface area contributed by atoms with Crippen LogP contribution in [0.1, 0.15) is 31.7 Å². The van der Waals surface area contributed by atoms with Crippen molar-refractivity contribution < 1.29 is 0 Å². The van der Waals surface area contributed by atoms with Crippen LogP contribution in [0.3, 0.4) is 0 Å². The van der Waals surface area contributed by atoms with Crippen LogP contribution in [0.25, 0.3) is 0 Å². The van der Waals surface area contributed by atoms with E-state index in [0.29, 0.717) is 0 Å². The monoisotopic (exact) mass is 205 g/mol. The smallest absolute Gasteiger partial charge is 0.130 e. The first-order chi connectivity index (χ1) is 7.40. The fraction of sp³-hybridized carbons (Fsp3) is 0.583. The zero-order valence-corrected chi connectivity index (χ0v) is 9.29. The molecule has 0 spiro atoms. The van der Waals surface area contributed by atoms with Crippen LogP contribution in [0.2, 0.25) is 0 Å².